The maximum Gasteiger partial charge on any atom is 0.255 e. The van der Waals surface area contributed by atoms with Crippen LogP contribution in [0.3, 0.4) is 0 Å². The van der Waals surface area contributed by atoms with Gasteiger partial charge in [0.2, 0.25) is 11.8 Å². The van der Waals surface area contributed by atoms with Crippen molar-refractivity contribution >= 4 is 29.1 Å². The summed E-state index contributed by atoms with van der Waals surface area (Å²) in [5.74, 6) is -1.03. The lowest BCUT2D eigenvalue weighted by Crippen LogP contribution is -2.30. The fourth-order valence-electron chi connectivity index (χ4n) is 4.12. The van der Waals surface area contributed by atoms with E-state index in [-0.39, 0.29) is 29.6 Å². The molecule has 3 amide bonds. The van der Waals surface area contributed by atoms with Crippen molar-refractivity contribution in [3.05, 3.63) is 70.8 Å². The van der Waals surface area contributed by atoms with Gasteiger partial charge in [0.15, 0.2) is 0 Å². The summed E-state index contributed by atoms with van der Waals surface area (Å²) in [5, 5.41) is 2.93. The van der Waals surface area contributed by atoms with Crippen LogP contribution in [-0.2, 0) is 9.59 Å². The number of imide groups is 1. The first kappa shape index (κ1) is 19.1. The van der Waals surface area contributed by atoms with Crippen LogP contribution in [0.5, 0.6) is 0 Å². The van der Waals surface area contributed by atoms with Crippen molar-refractivity contribution in [1.82, 2.24) is 0 Å². The Morgan fingerprint density at radius 1 is 0.966 bits per heavy atom. The van der Waals surface area contributed by atoms with E-state index < -0.39 is 0 Å². The lowest BCUT2D eigenvalue weighted by Gasteiger charge is -2.18. The highest BCUT2D eigenvalue weighted by Gasteiger charge is 2.48. The van der Waals surface area contributed by atoms with E-state index in [4.69, 9.17) is 0 Å². The molecular formula is C24H24N2O3. The van der Waals surface area contributed by atoms with Crippen LogP contribution in [0.2, 0.25) is 0 Å². The number of hydrogen-bond donors (Lipinski definition) is 1. The number of benzene rings is 2. The molecule has 1 aliphatic carbocycles. The number of fused-ring (bicyclic) bond motifs is 1. The average molecular weight is 388 g/mol. The highest BCUT2D eigenvalue weighted by molar-refractivity contribution is 6.22. The highest BCUT2D eigenvalue weighted by Crippen LogP contribution is 2.39. The van der Waals surface area contributed by atoms with E-state index in [0.717, 1.165) is 22.4 Å². The number of nitrogens with one attached hydrogen (secondary N) is 1. The van der Waals surface area contributed by atoms with Gasteiger partial charge in [-0.05, 0) is 75.1 Å². The van der Waals surface area contributed by atoms with Crippen molar-refractivity contribution in [2.45, 2.75) is 33.6 Å². The predicted octanol–water partition coefficient (Wildman–Crippen LogP) is 4.40. The van der Waals surface area contributed by atoms with Crippen LogP contribution in [0.4, 0.5) is 11.4 Å². The van der Waals surface area contributed by atoms with Crippen molar-refractivity contribution in [2.24, 2.45) is 11.8 Å². The second-order valence-electron chi connectivity index (χ2n) is 8.03. The summed E-state index contributed by atoms with van der Waals surface area (Å²) in [6.07, 6.45) is 3.31. The van der Waals surface area contributed by atoms with Crippen LogP contribution in [0.1, 0.15) is 41.3 Å². The third-order valence-corrected chi connectivity index (χ3v) is 5.85. The van der Waals surface area contributed by atoms with E-state index in [1.165, 1.54) is 4.90 Å². The first-order valence-corrected chi connectivity index (χ1v) is 9.87. The molecule has 0 radical (unpaired) electrons. The molecule has 5 heteroatoms. The molecule has 1 saturated heterocycles. The summed E-state index contributed by atoms with van der Waals surface area (Å²) < 4.78 is 0. The second-order valence-corrected chi connectivity index (χ2v) is 8.03. The molecule has 1 fully saturated rings. The van der Waals surface area contributed by atoms with E-state index >= 15 is 0 Å². The van der Waals surface area contributed by atoms with Gasteiger partial charge in [-0.2, -0.15) is 0 Å². The predicted molar refractivity (Wildman–Crippen MR) is 113 cm³/mol. The highest BCUT2D eigenvalue weighted by atomic mass is 16.2. The molecule has 2 aliphatic rings. The second kappa shape index (κ2) is 7.32. The van der Waals surface area contributed by atoms with Crippen molar-refractivity contribution in [2.75, 3.05) is 10.2 Å². The van der Waals surface area contributed by atoms with Gasteiger partial charge in [0.05, 0.1) is 17.5 Å². The lowest BCUT2D eigenvalue weighted by molar-refractivity contribution is -0.122. The van der Waals surface area contributed by atoms with Crippen molar-refractivity contribution in [3.63, 3.8) is 0 Å². The van der Waals surface area contributed by atoms with E-state index in [0.29, 0.717) is 24.1 Å². The van der Waals surface area contributed by atoms with Gasteiger partial charge in [-0.15, -0.1) is 0 Å². The number of hydrogen-bond acceptors (Lipinski definition) is 3. The standard InChI is InChI=1S/C24H24N2O3/c1-14-5-11-19-20(12-14)24(29)26(23(19)28)18-9-7-17(8-10-18)22(27)25-21-13-15(2)4-6-16(21)3/h4-10,13,19-20H,11-12H2,1-3H3,(H,25,27)/t19-,20+/m1/s1. The number of allylic oxidation sites excluding steroid dienone is 2. The summed E-state index contributed by atoms with van der Waals surface area (Å²) in [5.41, 5.74) is 4.99. The zero-order chi connectivity index (χ0) is 20.7. The Kier molecular flexibility index (Phi) is 4.82. The summed E-state index contributed by atoms with van der Waals surface area (Å²) in [6.45, 7) is 5.92. The van der Waals surface area contributed by atoms with Gasteiger partial charge in [0, 0.05) is 11.3 Å². The largest absolute Gasteiger partial charge is 0.322 e. The molecule has 0 aromatic heterocycles. The van der Waals surface area contributed by atoms with Gasteiger partial charge in [-0.1, -0.05) is 23.8 Å². The summed E-state index contributed by atoms with van der Waals surface area (Å²) in [4.78, 5) is 39.5. The van der Waals surface area contributed by atoms with Gasteiger partial charge in [-0.25, -0.2) is 0 Å². The Bertz CT molecular complexity index is 1040. The summed E-state index contributed by atoms with van der Waals surface area (Å²) >= 11 is 0. The molecule has 0 unspecified atom stereocenters. The maximum atomic E-state index is 12.8. The van der Waals surface area contributed by atoms with Crippen LogP contribution in [-0.4, -0.2) is 17.7 Å². The molecule has 0 bridgehead atoms. The summed E-state index contributed by atoms with van der Waals surface area (Å²) in [6, 6.07) is 12.6. The Hall–Kier alpha value is -3.21. The molecule has 2 aromatic rings. The molecule has 4 rings (SSSR count). The quantitative estimate of drug-likeness (QED) is 0.626. The van der Waals surface area contributed by atoms with Crippen molar-refractivity contribution in [3.8, 4) is 0 Å². The number of aryl methyl sites for hydroxylation is 2. The van der Waals surface area contributed by atoms with E-state index in [1.54, 1.807) is 24.3 Å². The Balaban J connectivity index is 1.52. The van der Waals surface area contributed by atoms with Gasteiger partial charge < -0.3 is 5.32 Å². The molecule has 148 valence electrons. The van der Waals surface area contributed by atoms with Crippen LogP contribution >= 0.6 is 0 Å². The Morgan fingerprint density at radius 2 is 1.66 bits per heavy atom. The Morgan fingerprint density at radius 3 is 2.38 bits per heavy atom. The number of carbonyl (C=O) groups is 3. The number of anilines is 2. The van der Waals surface area contributed by atoms with E-state index in [1.807, 2.05) is 39.0 Å². The van der Waals surface area contributed by atoms with Gasteiger partial charge in [0.25, 0.3) is 5.91 Å². The normalized spacial score (nSPS) is 21.1. The van der Waals surface area contributed by atoms with Gasteiger partial charge >= 0.3 is 0 Å². The monoisotopic (exact) mass is 388 g/mol. The van der Waals surface area contributed by atoms with E-state index in [9.17, 15) is 14.4 Å². The van der Waals surface area contributed by atoms with Crippen molar-refractivity contribution in [1.29, 1.82) is 0 Å². The zero-order valence-electron chi connectivity index (χ0n) is 16.9. The Labute approximate surface area is 170 Å². The zero-order valence-corrected chi connectivity index (χ0v) is 16.9. The molecule has 0 saturated carbocycles. The molecule has 2 aromatic carbocycles. The smallest absolute Gasteiger partial charge is 0.255 e. The molecule has 1 heterocycles. The van der Waals surface area contributed by atoms with Crippen LogP contribution in [0, 0.1) is 25.7 Å². The fraction of sp³-hybridized carbons (Fsp3) is 0.292. The number of nitrogens with zero attached hydrogens (tertiary/aromatic N) is 1. The molecule has 0 spiro atoms. The van der Waals surface area contributed by atoms with Gasteiger partial charge in [0.1, 0.15) is 0 Å². The molecule has 2 atom stereocenters. The minimum absolute atomic E-state index is 0.139. The number of amides is 3. The number of carbonyl (C=O) groups excluding carboxylic acids is 3. The SMILES string of the molecule is CC1=CC[C@H]2C(=O)N(c3ccc(C(=O)Nc4cc(C)ccc4C)cc3)C(=O)[C@H]2C1. The number of rotatable bonds is 3. The molecule has 5 nitrogen and oxygen atoms in total. The van der Waals surface area contributed by atoms with Crippen molar-refractivity contribution < 1.29 is 14.4 Å². The molecule has 29 heavy (non-hydrogen) atoms. The van der Waals surface area contributed by atoms with E-state index in [2.05, 4.69) is 11.4 Å². The first-order valence-electron chi connectivity index (χ1n) is 9.87. The van der Waals surface area contributed by atoms with Crippen LogP contribution < -0.4 is 10.2 Å². The minimum Gasteiger partial charge on any atom is -0.322 e. The van der Waals surface area contributed by atoms with Gasteiger partial charge in [-0.3, -0.25) is 19.3 Å². The minimum atomic E-state index is -0.265. The lowest BCUT2D eigenvalue weighted by atomic mass is 9.82. The van der Waals surface area contributed by atoms with Crippen LogP contribution in [0.15, 0.2) is 54.1 Å². The summed E-state index contributed by atoms with van der Waals surface area (Å²) in [7, 11) is 0. The van der Waals surface area contributed by atoms with Crippen LogP contribution in [0.25, 0.3) is 0 Å². The molecular weight excluding hydrogens is 364 g/mol. The topological polar surface area (TPSA) is 66.5 Å². The third-order valence-electron chi connectivity index (χ3n) is 5.85. The third kappa shape index (κ3) is 3.48. The maximum absolute atomic E-state index is 12.8. The molecule has 1 N–H and O–H groups in total. The fourth-order valence-corrected chi connectivity index (χ4v) is 4.12. The molecule has 1 aliphatic heterocycles. The average Bonchev–Trinajstić information content (AvgIpc) is 2.94. The first-order chi connectivity index (χ1) is 13.8.